The summed E-state index contributed by atoms with van der Waals surface area (Å²) < 4.78 is 0. The molecule has 0 aliphatic heterocycles. The molecular weight excluding hydrogens is 338 g/mol. The zero-order chi connectivity index (χ0) is 18.8. The molecule has 1 aromatic heterocycles. The standard InChI is InChI=1S/C27H21N/c1-4-13-22(14-5-1)27(23-15-6-2-7-16-23,24-17-8-3-9-18-24)26-20-21-12-10-11-19-25(21)28-26/h1-20,28H. The maximum atomic E-state index is 3.73. The molecule has 0 amide bonds. The lowest BCUT2D eigenvalue weighted by molar-refractivity contribution is 0.723. The van der Waals surface area contributed by atoms with Crippen molar-refractivity contribution in [2.45, 2.75) is 5.41 Å². The Hall–Kier alpha value is -3.58. The van der Waals surface area contributed by atoms with Crippen molar-refractivity contribution >= 4 is 10.9 Å². The molecule has 28 heavy (non-hydrogen) atoms. The van der Waals surface area contributed by atoms with Crippen LogP contribution in [0.3, 0.4) is 0 Å². The number of H-pyrrole nitrogens is 1. The molecule has 0 atom stereocenters. The summed E-state index contributed by atoms with van der Waals surface area (Å²) in [4.78, 5) is 3.73. The normalized spacial score (nSPS) is 11.6. The molecule has 0 spiro atoms. The van der Waals surface area contributed by atoms with Crippen LogP contribution in [0.5, 0.6) is 0 Å². The maximum Gasteiger partial charge on any atom is 0.0852 e. The number of para-hydroxylation sites is 1. The SMILES string of the molecule is c1ccc(C(c2ccccc2)(c2ccccc2)c2cc3ccccc3[nH]2)cc1. The van der Waals surface area contributed by atoms with Crippen molar-refractivity contribution in [3.63, 3.8) is 0 Å². The highest BCUT2D eigenvalue weighted by Crippen LogP contribution is 2.45. The van der Waals surface area contributed by atoms with E-state index in [2.05, 4.69) is 126 Å². The van der Waals surface area contributed by atoms with Crippen LogP contribution in [0.4, 0.5) is 0 Å². The quantitative estimate of drug-likeness (QED) is 0.350. The molecule has 0 bridgehead atoms. The second kappa shape index (κ2) is 6.86. The molecule has 1 heterocycles. The van der Waals surface area contributed by atoms with Crippen LogP contribution >= 0.6 is 0 Å². The van der Waals surface area contributed by atoms with Gasteiger partial charge < -0.3 is 4.98 Å². The van der Waals surface area contributed by atoms with Crippen LogP contribution in [0.2, 0.25) is 0 Å². The summed E-state index contributed by atoms with van der Waals surface area (Å²) >= 11 is 0. The van der Waals surface area contributed by atoms with E-state index in [0.717, 1.165) is 5.52 Å². The lowest BCUT2D eigenvalue weighted by Crippen LogP contribution is -2.31. The Morgan fingerprint density at radius 1 is 0.464 bits per heavy atom. The Morgan fingerprint density at radius 3 is 1.36 bits per heavy atom. The van der Waals surface area contributed by atoms with Crippen molar-refractivity contribution in [1.82, 2.24) is 4.98 Å². The summed E-state index contributed by atoms with van der Waals surface area (Å²) in [5, 5.41) is 1.23. The fourth-order valence-electron chi connectivity index (χ4n) is 4.31. The minimum absolute atomic E-state index is 0.414. The lowest BCUT2D eigenvalue weighted by atomic mass is 9.67. The summed E-state index contributed by atoms with van der Waals surface area (Å²) in [5.74, 6) is 0. The first-order chi connectivity index (χ1) is 13.9. The first-order valence-corrected chi connectivity index (χ1v) is 9.64. The minimum atomic E-state index is -0.414. The lowest BCUT2D eigenvalue weighted by Gasteiger charge is -2.35. The van der Waals surface area contributed by atoms with E-state index in [0.29, 0.717) is 0 Å². The summed E-state index contributed by atoms with van der Waals surface area (Å²) in [6, 6.07) is 43.1. The van der Waals surface area contributed by atoms with Crippen LogP contribution in [0.15, 0.2) is 121 Å². The van der Waals surface area contributed by atoms with Gasteiger partial charge in [0.05, 0.1) is 5.41 Å². The summed E-state index contributed by atoms with van der Waals surface area (Å²) in [5.41, 5.74) is 5.67. The topological polar surface area (TPSA) is 15.8 Å². The zero-order valence-electron chi connectivity index (χ0n) is 15.5. The number of aromatic nitrogens is 1. The number of nitrogens with one attached hydrogen (secondary N) is 1. The second-order valence-electron chi connectivity index (χ2n) is 7.12. The first-order valence-electron chi connectivity index (χ1n) is 9.64. The van der Waals surface area contributed by atoms with Gasteiger partial charge in [0, 0.05) is 11.2 Å². The van der Waals surface area contributed by atoms with Gasteiger partial charge in [-0.05, 0) is 34.2 Å². The third-order valence-corrected chi connectivity index (χ3v) is 5.55. The van der Waals surface area contributed by atoms with E-state index >= 15 is 0 Å². The van der Waals surface area contributed by atoms with E-state index in [4.69, 9.17) is 0 Å². The highest BCUT2D eigenvalue weighted by atomic mass is 14.7. The van der Waals surface area contributed by atoms with E-state index in [1.165, 1.54) is 27.8 Å². The van der Waals surface area contributed by atoms with E-state index in [-0.39, 0.29) is 0 Å². The van der Waals surface area contributed by atoms with Gasteiger partial charge in [-0.15, -0.1) is 0 Å². The van der Waals surface area contributed by atoms with Gasteiger partial charge in [-0.3, -0.25) is 0 Å². The third-order valence-electron chi connectivity index (χ3n) is 5.55. The molecule has 5 aromatic rings. The molecule has 4 aromatic carbocycles. The Kier molecular flexibility index (Phi) is 4.06. The largest absolute Gasteiger partial charge is 0.357 e. The number of aromatic amines is 1. The van der Waals surface area contributed by atoms with Gasteiger partial charge in [0.1, 0.15) is 0 Å². The second-order valence-corrected chi connectivity index (χ2v) is 7.12. The molecule has 0 aliphatic carbocycles. The summed E-state index contributed by atoms with van der Waals surface area (Å²) in [6.45, 7) is 0. The number of rotatable bonds is 4. The molecule has 0 aliphatic rings. The molecule has 0 saturated heterocycles. The molecular formula is C27H21N. The van der Waals surface area contributed by atoms with Gasteiger partial charge in [0.25, 0.3) is 0 Å². The Balaban J connectivity index is 1.92. The van der Waals surface area contributed by atoms with Crippen molar-refractivity contribution in [2.75, 3.05) is 0 Å². The fourth-order valence-corrected chi connectivity index (χ4v) is 4.31. The highest BCUT2D eigenvalue weighted by molar-refractivity contribution is 5.82. The predicted octanol–water partition coefficient (Wildman–Crippen LogP) is 6.55. The molecule has 0 unspecified atom stereocenters. The fraction of sp³-hybridized carbons (Fsp3) is 0.0370. The van der Waals surface area contributed by atoms with Gasteiger partial charge >= 0.3 is 0 Å². The van der Waals surface area contributed by atoms with Crippen LogP contribution in [-0.4, -0.2) is 4.98 Å². The van der Waals surface area contributed by atoms with Crippen LogP contribution in [0.25, 0.3) is 10.9 Å². The number of fused-ring (bicyclic) bond motifs is 1. The molecule has 134 valence electrons. The zero-order valence-corrected chi connectivity index (χ0v) is 15.5. The van der Waals surface area contributed by atoms with Gasteiger partial charge in [0.2, 0.25) is 0 Å². The Bertz CT molecular complexity index is 1060. The van der Waals surface area contributed by atoms with Crippen molar-refractivity contribution < 1.29 is 0 Å². The average Bonchev–Trinajstić information content (AvgIpc) is 3.21. The van der Waals surface area contributed by atoms with E-state index in [1.807, 2.05) is 0 Å². The van der Waals surface area contributed by atoms with Crippen LogP contribution in [-0.2, 0) is 5.41 Å². The molecule has 5 rings (SSSR count). The summed E-state index contributed by atoms with van der Waals surface area (Å²) in [7, 11) is 0. The predicted molar refractivity (Wildman–Crippen MR) is 117 cm³/mol. The Labute approximate surface area is 165 Å². The number of hydrogen-bond donors (Lipinski definition) is 1. The molecule has 0 saturated carbocycles. The van der Waals surface area contributed by atoms with Crippen molar-refractivity contribution in [1.29, 1.82) is 0 Å². The molecule has 0 radical (unpaired) electrons. The van der Waals surface area contributed by atoms with Gasteiger partial charge in [0.15, 0.2) is 0 Å². The summed E-state index contributed by atoms with van der Waals surface area (Å²) in [6.07, 6.45) is 0. The van der Waals surface area contributed by atoms with E-state index in [9.17, 15) is 0 Å². The maximum absolute atomic E-state index is 3.73. The molecule has 1 heteroatoms. The van der Waals surface area contributed by atoms with E-state index < -0.39 is 5.41 Å². The number of benzene rings is 4. The van der Waals surface area contributed by atoms with Crippen molar-refractivity contribution in [2.24, 2.45) is 0 Å². The van der Waals surface area contributed by atoms with Gasteiger partial charge in [-0.2, -0.15) is 0 Å². The van der Waals surface area contributed by atoms with Crippen molar-refractivity contribution in [3.8, 4) is 0 Å². The van der Waals surface area contributed by atoms with Crippen LogP contribution < -0.4 is 0 Å². The third kappa shape index (κ3) is 2.56. The number of hydrogen-bond acceptors (Lipinski definition) is 0. The monoisotopic (exact) mass is 359 g/mol. The van der Waals surface area contributed by atoms with Gasteiger partial charge in [-0.25, -0.2) is 0 Å². The molecule has 0 fully saturated rings. The smallest absolute Gasteiger partial charge is 0.0852 e. The minimum Gasteiger partial charge on any atom is -0.357 e. The van der Waals surface area contributed by atoms with Crippen molar-refractivity contribution in [3.05, 3.63) is 144 Å². The molecule has 1 N–H and O–H groups in total. The van der Waals surface area contributed by atoms with Crippen LogP contribution in [0, 0.1) is 0 Å². The van der Waals surface area contributed by atoms with Crippen LogP contribution in [0.1, 0.15) is 22.4 Å². The first kappa shape index (κ1) is 16.6. The highest BCUT2D eigenvalue weighted by Gasteiger charge is 2.39. The van der Waals surface area contributed by atoms with E-state index in [1.54, 1.807) is 0 Å². The Morgan fingerprint density at radius 2 is 0.893 bits per heavy atom. The molecule has 1 nitrogen and oxygen atoms in total. The van der Waals surface area contributed by atoms with Gasteiger partial charge in [-0.1, -0.05) is 109 Å². The average molecular weight is 359 g/mol.